The Bertz CT molecular complexity index is 969. The molecule has 0 saturated heterocycles. The van der Waals surface area contributed by atoms with Gasteiger partial charge in [-0.25, -0.2) is 4.98 Å². The van der Waals surface area contributed by atoms with Crippen molar-refractivity contribution in [3.8, 4) is 11.4 Å². The van der Waals surface area contributed by atoms with Gasteiger partial charge in [-0.05, 0) is 42.5 Å². The summed E-state index contributed by atoms with van der Waals surface area (Å²) in [7, 11) is 0. The summed E-state index contributed by atoms with van der Waals surface area (Å²) in [5.74, 6) is 0.0921. The fraction of sp³-hybridized carbons (Fsp3) is 0.0556. The van der Waals surface area contributed by atoms with Gasteiger partial charge in [-0.3, -0.25) is 9.59 Å². The van der Waals surface area contributed by atoms with Crippen LogP contribution in [0.5, 0.6) is 0 Å². The van der Waals surface area contributed by atoms with Crippen LogP contribution in [0.25, 0.3) is 11.4 Å². The maximum absolute atomic E-state index is 12.2. The minimum absolute atomic E-state index is 0.0876. The molecule has 126 valence electrons. The molecule has 2 N–H and O–H groups in total. The Morgan fingerprint density at radius 3 is 2.52 bits per heavy atom. The lowest BCUT2D eigenvalue weighted by Gasteiger charge is -2.06. The second-order valence-electron chi connectivity index (χ2n) is 5.33. The number of aromatic nitrogens is 2. The van der Waals surface area contributed by atoms with Crippen LogP contribution in [0.15, 0.2) is 59.5 Å². The fourth-order valence-corrected chi connectivity index (χ4v) is 2.56. The van der Waals surface area contributed by atoms with Crippen molar-refractivity contribution in [2.75, 3.05) is 5.32 Å². The molecule has 7 heteroatoms. The van der Waals surface area contributed by atoms with Crippen LogP contribution >= 0.6 is 23.2 Å². The molecule has 0 fully saturated rings. The van der Waals surface area contributed by atoms with Crippen LogP contribution in [0.1, 0.15) is 5.56 Å². The molecule has 0 spiro atoms. The Labute approximate surface area is 153 Å². The number of amides is 1. The van der Waals surface area contributed by atoms with Gasteiger partial charge < -0.3 is 10.3 Å². The van der Waals surface area contributed by atoms with E-state index in [2.05, 4.69) is 15.3 Å². The highest BCUT2D eigenvalue weighted by atomic mass is 35.5. The van der Waals surface area contributed by atoms with E-state index in [1.807, 2.05) is 0 Å². The van der Waals surface area contributed by atoms with Crippen LogP contribution in [-0.4, -0.2) is 15.9 Å². The molecule has 0 unspecified atom stereocenters. The van der Waals surface area contributed by atoms with Crippen molar-refractivity contribution in [3.63, 3.8) is 0 Å². The predicted molar refractivity (Wildman–Crippen MR) is 99.1 cm³/mol. The van der Waals surface area contributed by atoms with E-state index in [0.717, 1.165) is 5.56 Å². The van der Waals surface area contributed by atoms with Gasteiger partial charge in [0, 0.05) is 33.1 Å². The van der Waals surface area contributed by atoms with Gasteiger partial charge in [-0.2, -0.15) is 0 Å². The number of carbonyl (C=O) groups excluding carboxylic acids is 1. The van der Waals surface area contributed by atoms with E-state index in [0.29, 0.717) is 21.6 Å². The van der Waals surface area contributed by atoms with E-state index in [-0.39, 0.29) is 23.5 Å². The molecule has 0 aliphatic heterocycles. The minimum Gasteiger partial charge on any atom is -0.326 e. The first kappa shape index (κ1) is 17.2. The molecular weight excluding hydrogens is 361 g/mol. The maximum Gasteiger partial charge on any atom is 0.254 e. The third-order valence-corrected chi connectivity index (χ3v) is 3.94. The number of carbonyl (C=O) groups is 1. The number of nitrogens with one attached hydrogen (secondary N) is 2. The Hall–Kier alpha value is -2.63. The van der Waals surface area contributed by atoms with Gasteiger partial charge in [0.05, 0.1) is 6.42 Å². The summed E-state index contributed by atoms with van der Waals surface area (Å²) in [5, 5.41) is 3.81. The topological polar surface area (TPSA) is 74.8 Å². The zero-order chi connectivity index (χ0) is 17.8. The van der Waals surface area contributed by atoms with Crippen molar-refractivity contribution < 1.29 is 4.79 Å². The molecule has 0 radical (unpaired) electrons. The van der Waals surface area contributed by atoms with Gasteiger partial charge >= 0.3 is 0 Å². The molecule has 0 aliphatic rings. The number of nitrogens with zero attached hydrogens (tertiary/aromatic N) is 1. The van der Waals surface area contributed by atoms with E-state index in [1.165, 1.54) is 6.20 Å². The van der Waals surface area contributed by atoms with E-state index < -0.39 is 0 Å². The number of rotatable bonds is 4. The van der Waals surface area contributed by atoms with Crippen molar-refractivity contribution in [2.24, 2.45) is 0 Å². The monoisotopic (exact) mass is 373 g/mol. The Kier molecular flexibility index (Phi) is 5.16. The van der Waals surface area contributed by atoms with Crippen molar-refractivity contribution >= 4 is 34.8 Å². The van der Waals surface area contributed by atoms with Gasteiger partial charge in [0.2, 0.25) is 5.91 Å². The lowest BCUT2D eigenvalue weighted by atomic mass is 10.2. The van der Waals surface area contributed by atoms with Crippen LogP contribution in [0.4, 0.5) is 5.69 Å². The SMILES string of the molecule is O=C(Cc1cnc(-c2ccc(Cl)cc2)[nH]c1=O)Nc1cccc(Cl)c1. The molecule has 0 saturated carbocycles. The van der Waals surface area contributed by atoms with Crippen LogP contribution in [0.2, 0.25) is 10.0 Å². The van der Waals surface area contributed by atoms with Crippen LogP contribution in [0, 0.1) is 0 Å². The Morgan fingerprint density at radius 2 is 1.84 bits per heavy atom. The highest BCUT2D eigenvalue weighted by Gasteiger charge is 2.10. The first-order valence-electron chi connectivity index (χ1n) is 7.41. The third-order valence-electron chi connectivity index (χ3n) is 3.45. The number of anilines is 1. The summed E-state index contributed by atoms with van der Waals surface area (Å²) < 4.78 is 0. The van der Waals surface area contributed by atoms with Crippen LogP contribution < -0.4 is 10.9 Å². The summed E-state index contributed by atoms with van der Waals surface area (Å²) in [6.07, 6.45) is 1.32. The molecule has 5 nitrogen and oxygen atoms in total. The zero-order valence-electron chi connectivity index (χ0n) is 12.9. The summed E-state index contributed by atoms with van der Waals surface area (Å²) in [6.45, 7) is 0. The predicted octanol–water partition coefficient (Wildman–Crippen LogP) is 3.92. The molecule has 3 aromatic rings. The van der Waals surface area contributed by atoms with Crippen molar-refractivity contribution in [1.82, 2.24) is 9.97 Å². The van der Waals surface area contributed by atoms with E-state index in [1.54, 1.807) is 48.5 Å². The smallest absolute Gasteiger partial charge is 0.254 e. The lowest BCUT2D eigenvalue weighted by molar-refractivity contribution is -0.115. The van der Waals surface area contributed by atoms with Gasteiger partial charge in [-0.15, -0.1) is 0 Å². The summed E-state index contributed by atoms with van der Waals surface area (Å²) in [6, 6.07) is 13.7. The molecule has 3 rings (SSSR count). The van der Waals surface area contributed by atoms with E-state index in [4.69, 9.17) is 23.2 Å². The average molecular weight is 374 g/mol. The standard InChI is InChI=1S/C18H13Cl2N3O2/c19-13-6-4-11(5-7-13)17-21-10-12(18(25)23-17)8-16(24)22-15-3-1-2-14(20)9-15/h1-7,9-10H,8H2,(H,22,24)(H,21,23,25). The van der Waals surface area contributed by atoms with Gasteiger partial charge in [-0.1, -0.05) is 29.3 Å². The number of aromatic amines is 1. The second-order valence-corrected chi connectivity index (χ2v) is 6.20. The van der Waals surface area contributed by atoms with Crippen molar-refractivity contribution in [3.05, 3.63) is 80.7 Å². The molecule has 25 heavy (non-hydrogen) atoms. The summed E-state index contributed by atoms with van der Waals surface area (Å²) in [4.78, 5) is 31.2. The highest BCUT2D eigenvalue weighted by molar-refractivity contribution is 6.31. The molecule has 0 atom stereocenters. The van der Waals surface area contributed by atoms with Gasteiger partial charge in [0.15, 0.2) is 0 Å². The maximum atomic E-state index is 12.2. The first-order chi connectivity index (χ1) is 12.0. The molecule has 0 aliphatic carbocycles. The molecule has 1 aromatic heterocycles. The van der Waals surface area contributed by atoms with Crippen molar-refractivity contribution in [1.29, 1.82) is 0 Å². The van der Waals surface area contributed by atoms with E-state index >= 15 is 0 Å². The zero-order valence-corrected chi connectivity index (χ0v) is 14.4. The van der Waals surface area contributed by atoms with E-state index in [9.17, 15) is 9.59 Å². The van der Waals surface area contributed by atoms with Crippen molar-refractivity contribution in [2.45, 2.75) is 6.42 Å². The number of H-pyrrole nitrogens is 1. The van der Waals surface area contributed by atoms with Gasteiger partial charge in [0.25, 0.3) is 5.56 Å². The second kappa shape index (κ2) is 7.51. The number of halogens is 2. The largest absolute Gasteiger partial charge is 0.326 e. The summed E-state index contributed by atoms with van der Waals surface area (Å²) in [5.41, 5.74) is 1.22. The number of hydrogen-bond donors (Lipinski definition) is 2. The third kappa shape index (κ3) is 4.47. The lowest BCUT2D eigenvalue weighted by Crippen LogP contribution is -2.22. The normalized spacial score (nSPS) is 10.5. The summed E-state index contributed by atoms with van der Waals surface area (Å²) >= 11 is 11.7. The fourth-order valence-electron chi connectivity index (χ4n) is 2.25. The Morgan fingerprint density at radius 1 is 1.08 bits per heavy atom. The van der Waals surface area contributed by atoms with Crippen LogP contribution in [-0.2, 0) is 11.2 Å². The minimum atomic E-state index is -0.360. The average Bonchev–Trinajstić information content (AvgIpc) is 2.57. The highest BCUT2D eigenvalue weighted by Crippen LogP contribution is 2.17. The molecule has 1 heterocycles. The molecule has 0 bridgehead atoms. The number of benzene rings is 2. The first-order valence-corrected chi connectivity index (χ1v) is 8.16. The number of hydrogen-bond acceptors (Lipinski definition) is 3. The molecular formula is C18H13Cl2N3O2. The quantitative estimate of drug-likeness (QED) is 0.727. The van der Waals surface area contributed by atoms with Crippen LogP contribution in [0.3, 0.4) is 0 Å². The molecule has 1 amide bonds. The van der Waals surface area contributed by atoms with Gasteiger partial charge in [0.1, 0.15) is 5.82 Å². The Balaban J connectivity index is 1.74. The molecule has 2 aromatic carbocycles.